The van der Waals surface area contributed by atoms with Gasteiger partial charge in [-0.25, -0.2) is 14.3 Å². The SMILES string of the molecule is COC(=O)C(F)(F)F.Cn1cnc2c(-c3cc[n+](CCC(=O)O)cc3)cnnc21. The Labute approximate surface area is 162 Å². The third-order valence-electron chi connectivity index (χ3n) is 3.70. The number of methoxy groups -OCH3 is 1. The quantitative estimate of drug-likeness (QED) is 0.511. The van der Waals surface area contributed by atoms with Crippen LogP contribution in [0.2, 0.25) is 0 Å². The van der Waals surface area contributed by atoms with E-state index in [-0.39, 0.29) is 6.42 Å². The summed E-state index contributed by atoms with van der Waals surface area (Å²) < 4.78 is 39.9. The molecule has 0 bridgehead atoms. The lowest BCUT2D eigenvalue weighted by Gasteiger charge is -2.01. The number of aromatic nitrogens is 5. The van der Waals surface area contributed by atoms with Gasteiger partial charge in [0.1, 0.15) is 11.9 Å². The minimum atomic E-state index is -4.85. The summed E-state index contributed by atoms with van der Waals surface area (Å²) in [6, 6.07) is 3.85. The summed E-state index contributed by atoms with van der Waals surface area (Å²) in [6.45, 7) is 0.448. The van der Waals surface area contributed by atoms with Crippen molar-refractivity contribution >= 4 is 23.1 Å². The van der Waals surface area contributed by atoms with E-state index >= 15 is 0 Å². The van der Waals surface area contributed by atoms with Gasteiger partial charge in [-0.3, -0.25) is 4.79 Å². The van der Waals surface area contributed by atoms with Crippen molar-refractivity contribution in [2.75, 3.05) is 7.11 Å². The average Bonchev–Trinajstić information content (AvgIpc) is 3.07. The molecule has 0 aliphatic rings. The Bertz CT molecular complexity index is 1000. The van der Waals surface area contributed by atoms with E-state index in [0.717, 1.165) is 22.3 Å². The van der Waals surface area contributed by atoms with E-state index in [1.54, 1.807) is 12.5 Å². The summed E-state index contributed by atoms with van der Waals surface area (Å²) in [5, 5.41) is 16.8. The highest BCUT2D eigenvalue weighted by molar-refractivity contribution is 5.88. The van der Waals surface area contributed by atoms with Gasteiger partial charge >= 0.3 is 18.1 Å². The van der Waals surface area contributed by atoms with Crippen molar-refractivity contribution in [3.63, 3.8) is 0 Å². The summed E-state index contributed by atoms with van der Waals surface area (Å²) in [5.74, 6) is -2.97. The number of carbonyl (C=O) groups excluding carboxylic acids is 1. The highest BCUT2D eigenvalue weighted by Gasteiger charge is 2.40. The van der Waals surface area contributed by atoms with Gasteiger partial charge in [-0.1, -0.05) is 0 Å². The van der Waals surface area contributed by atoms with Gasteiger partial charge in [0.05, 0.1) is 19.6 Å². The molecule has 29 heavy (non-hydrogen) atoms. The summed E-state index contributed by atoms with van der Waals surface area (Å²) in [5.41, 5.74) is 3.41. The van der Waals surface area contributed by atoms with Crippen molar-refractivity contribution in [1.29, 1.82) is 0 Å². The number of rotatable bonds is 4. The maximum absolute atomic E-state index is 11.0. The Morgan fingerprint density at radius 2 is 1.93 bits per heavy atom. The topological polar surface area (TPSA) is 111 Å². The van der Waals surface area contributed by atoms with Gasteiger partial charge in [0.15, 0.2) is 24.6 Å². The molecule has 0 aliphatic carbocycles. The predicted molar refractivity (Wildman–Crippen MR) is 92.3 cm³/mol. The molecule has 0 fully saturated rings. The first kappa shape index (κ1) is 21.7. The molecule has 0 spiro atoms. The number of esters is 1. The fourth-order valence-electron chi connectivity index (χ4n) is 2.27. The number of nitrogens with zero attached hydrogens (tertiary/aromatic N) is 5. The van der Waals surface area contributed by atoms with Crippen LogP contribution in [0.25, 0.3) is 22.3 Å². The molecular formula is C17H17F3N5O4+. The van der Waals surface area contributed by atoms with E-state index in [4.69, 9.17) is 5.11 Å². The zero-order valence-corrected chi connectivity index (χ0v) is 15.4. The lowest BCUT2D eigenvalue weighted by molar-refractivity contribution is -0.695. The molecule has 0 saturated heterocycles. The minimum Gasteiger partial charge on any atom is -0.481 e. The number of alkyl halides is 3. The molecule has 12 heteroatoms. The molecule has 0 unspecified atom stereocenters. The first-order valence-corrected chi connectivity index (χ1v) is 8.12. The molecule has 3 aromatic heterocycles. The van der Waals surface area contributed by atoms with Crippen LogP contribution in [0.5, 0.6) is 0 Å². The predicted octanol–water partition coefficient (Wildman–Crippen LogP) is 1.51. The molecule has 3 heterocycles. The lowest BCUT2D eigenvalue weighted by Crippen LogP contribution is -2.33. The first-order chi connectivity index (χ1) is 13.6. The van der Waals surface area contributed by atoms with E-state index in [2.05, 4.69) is 19.9 Å². The molecule has 0 radical (unpaired) electrons. The lowest BCUT2D eigenvalue weighted by atomic mass is 10.1. The normalized spacial score (nSPS) is 10.9. The van der Waals surface area contributed by atoms with Crippen molar-refractivity contribution in [1.82, 2.24) is 19.7 Å². The average molecular weight is 412 g/mol. The standard InChI is InChI=1S/C14H13N5O2.C3H3F3O2/c1-18-9-15-13-11(8-16-17-14(13)18)10-2-5-19(6-3-10)7-4-12(20)21;1-8-2(7)3(4,5)6/h2-3,5-6,8-9H,4,7H2,1H3;1H3/p+1. The van der Waals surface area contributed by atoms with Crippen molar-refractivity contribution in [2.24, 2.45) is 7.05 Å². The highest BCUT2D eigenvalue weighted by Crippen LogP contribution is 2.24. The molecule has 0 aromatic carbocycles. The number of aliphatic carboxylic acids is 1. The Morgan fingerprint density at radius 1 is 1.28 bits per heavy atom. The van der Waals surface area contributed by atoms with Crippen LogP contribution < -0.4 is 4.57 Å². The van der Waals surface area contributed by atoms with E-state index < -0.39 is 18.1 Å². The van der Waals surface area contributed by atoms with E-state index in [1.165, 1.54) is 0 Å². The molecule has 3 aromatic rings. The van der Waals surface area contributed by atoms with E-state index in [9.17, 15) is 22.8 Å². The summed E-state index contributed by atoms with van der Waals surface area (Å²) in [7, 11) is 2.55. The zero-order valence-electron chi connectivity index (χ0n) is 15.4. The van der Waals surface area contributed by atoms with Gasteiger partial charge in [0, 0.05) is 24.7 Å². The maximum atomic E-state index is 11.0. The molecule has 9 nitrogen and oxygen atoms in total. The van der Waals surface area contributed by atoms with Crippen LogP contribution in [-0.2, 0) is 27.9 Å². The van der Waals surface area contributed by atoms with Crippen LogP contribution >= 0.6 is 0 Å². The fraction of sp³-hybridized carbons (Fsp3) is 0.294. The van der Waals surface area contributed by atoms with Crippen molar-refractivity contribution < 1.29 is 37.2 Å². The maximum Gasteiger partial charge on any atom is 0.490 e. The minimum absolute atomic E-state index is 0.102. The second kappa shape index (κ2) is 9.08. The number of carbonyl (C=O) groups is 2. The van der Waals surface area contributed by atoms with Crippen LogP contribution in [0.1, 0.15) is 6.42 Å². The third kappa shape index (κ3) is 5.70. The fourth-order valence-corrected chi connectivity index (χ4v) is 2.27. The first-order valence-electron chi connectivity index (χ1n) is 8.12. The molecule has 0 atom stereocenters. The molecule has 0 aliphatic heterocycles. The Morgan fingerprint density at radius 3 is 2.45 bits per heavy atom. The molecule has 0 saturated carbocycles. The van der Waals surface area contributed by atoms with Crippen molar-refractivity contribution in [3.05, 3.63) is 37.1 Å². The van der Waals surface area contributed by atoms with Crippen LogP contribution in [0, 0.1) is 0 Å². The largest absolute Gasteiger partial charge is 0.490 e. The number of carboxylic acids is 1. The van der Waals surface area contributed by atoms with Crippen LogP contribution in [0.4, 0.5) is 13.2 Å². The Hall–Kier alpha value is -3.57. The van der Waals surface area contributed by atoms with Crippen LogP contribution in [-0.4, -0.2) is 50.1 Å². The smallest absolute Gasteiger partial charge is 0.481 e. The monoisotopic (exact) mass is 412 g/mol. The van der Waals surface area contributed by atoms with Crippen molar-refractivity contribution in [2.45, 2.75) is 19.1 Å². The number of carboxylic acid groups (broad SMARTS) is 1. The Kier molecular flexibility index (Phi) is 6.80. The van der Waals surface area contributed by atoms with Crippen LogP contribution in [0.15, 0.2) is 37.1 Å². The number of halogens is 3. The van der Waals surface area contributed by atoms with Crippen molar-refractivity contribution in [3.8, 4) is 11.1 Å². The number of imidazole rings is 1. The van der Waals surface area contributed by atoms with E-state index in [0.29, 0.717) is 13.7 Å². The highest BCUT2D eigenvalue weighted by atomic mass is 19.4. The number of hydrogen-bond donors (Lipinski definition) is 1. The van der Waals surface area contributed by atoms with Crippen LogP contribution in [0.3, 0.4) is 0 Å². The molecule has 0 amide bonds. The number of pyridine rings is 1. The van der Waals surface area contributed by atoms with Gasteiger partial charge in [-0.15, -0.1) is 5.10 Å². The van der Waals surface area contributed by atoms with E-state index in [1.807, 2.05) is 40.7 Å². The summed E-state index contributed by atoms with van der Waals surface area (Å²) in [6.07, 6.45) is 2.35. The second-order valence-electron chi connectivity index (χ2n) is 5.74. The third-order valence-corrected chi connectivity index (χ3v) is 3.70. The molecular weight excluding hydrogens is 395 g/mol. The van der Waals surface area contributed by atoms with Gasteiger partial charge in [-0.05, 0) is 5.56 Å². The summed E-state index contributed by atoms with van der Waals surface area (Å²) in [4.78, 5) is 24.4. The van der Waals surface area contributed by atoms with Gasteiger partial charge in [0.25, 0.3) is 0 Å². The molecule has 154 valence electrons. The molecule has 3 rings (SSSR count). The number of ether oxygens (including phenoxy) is 1. The number of aryl methyl sites for hydroxylation is 2. The van der Waals surface area contributed by atoms with Gasteiger partial charge in [-0.2, -0.15) is 18.3 Å². The number of hydrogen-bond acceptors (Lipinski definition) is 6. The number of fused-ring (bicyclic) bond motifs is 1. The summed E-state index contributed by atoms with van der Waals surface area (Å²) >= 11 is 0. The van der Waals surface area contributed by atoms with Gasteiger partial charge < -0.3 is 14.4 Å². The second-order valence-corrected chi connectivity index (χ2v) is 5.74. The van der Waals surface area contributed by atoms with Gasteiger partial charge in [0.2, 0.25) is 0 Å². The molecule has 1 N–H and O–H groups in total. The zero-order chi connectivity index (χ0) is 21.6. The Balaban J connectivity index is 0.000000321.